The van der Waals surface area contributed by atoms with Crippen molar-refractivity contribution in [2.45, 2.75) is 11.8 Å². The van der Waals surface area contributed by atoms with E-state index < -0.39 is 28.0 Å². The first kappa shape index (κ1) is 27.4. The average molecular weight is 669 g/mol. The minimum absolute atomic E-state index is 0.0546. The van der Waals surface area contributed by atoms with Gasteiger partial charge in [-0.15, -0.1) is 0 Å². The average Bonchev–Trinajstić information content (AvgIpc) is 2.85. The molecule has 0 spiro atoms. The van der Waals surface area contributed by atoms with Gasteiger partial charge in [-0.25, -0.2) is 9.69 Å². The summed E-state index contributed by atoms with van der Waals surface area (Å²) < 4.78 is 37.0. The molecule has 0 aromatic heterocycles. The molecule has 2 N–H and O–H groups in total. The Labute approximate surface area is 236 Å². The standard InChI is InChI=1S/C25H18ClIN2O8S/c1-2-36-21-13-14(12-20(27)22(21)37-38(34,35)18-9-3-15(26)4-10-18)11-19-23(31)28-25(33)29(24(19)32)16-5-7-17(30)8-6-16/h3-13,30H,2H2,1H3,(H,28,31,33)/b19-11+. The Kier molecular flexibility index (Phi) is 7.94. The molecule has 1 saturated heterocycles. The van der Waals surface area contributed by atoms with E-state index in [1.54, 1.807) is 6.92 Å². The second-order valence-electron chi connectivity index (χ2n) is 7.73. The van der Waals surface area contributed by atoms with Crippen LogP contribution < -0.4 is 19.1 Å². The SMILES string of the molecule is CCOc1cc(/C=C2\C(=O)NC(=O)N(c3ccc(O)cc3)C2=O)cc(I)c1OS(=O)(=O)c1ccc(Cl)cc1. The van der Waals surface area contributed by atoms with Crippen LogP contribution in [-0.4, -0.2) is 38.0 Å². The molecule has 4 amide bonds. The number of anilines is 1. The number of halogens is 2. The van der Waals surface area contributed by atoms with Gasteiger partial charge in [0.2, 0.25) is 0 Å². The zero-order chi connectivity index (χ0) is 27.6. The van der Waals surface area contributed by atoms with Crippen molar-refractivity contribution in [3.05, 3.63) is 80.4 Å². The van der Waals surface area contributed by atoms with Crippen LogP contribution in [0.2, 0.25) is 5.02 Å². The fourth-order valence-electron chi connectivity index (χ4n) is 3.43. The zero-order valence-electron chi connectivity index (χ0n) is 19.5. The normalized spacial score (nSPS) is 15.0. The number of hydrogen-bond donors (Lipinski definition) is 2. The number of nitrogens with zero attached hydrogens (tertiary/aromatic N) is 1. The van der Waals surface area contributed by atoms with Crippen molar-refractivity contribution >= 4 is 73.9 Å². The van der Waals surface area contributed by atoms with Gasteiger partial charge in [-0.2, -0.15) is 8.42 Å². The molecular weight excluding hydrogens is 651 g/mol. The van der Waals surface area contributed by atoms with E-state index in [1.165, 1.54) is 66.7 Å². The molecule has 1 aliphatic heterocycles. The maximum atomic E-state index is 13.1. The highest BCUT2D eigenvalue weighted by Crippen LogP contribution is 2.37. The molecule has 4 rings (SSSR count). The van der Waals surface area contributed by atoms with E-state index >= 15 is 0 Å². The molecule has 0 aliphatic carbocycles. The van der Waals surface area contributed by atoms with Gasteiger partial charge in [0.05, 0.1) is 15.9 Å². The lowest BCUT2D eigenvalue weighted by Gasteiger charge is -2.26. The lowest BCUT2D eigenvalue weighted by molar-refractivity contribution is -0.122. The maximum Gasteiger partial charge on any atom is 0.339 e. The van der Waals surface area contributed by atoms with Crippen molar-refractivity contribution in [2.24, 2.45) is 0 Å². The highest BCUT2D eigenvalue weighted by molar-refractivity contribution is 14.1. The van der Waals surface area contributed by atoms with Gasteiger partial charge in [0, 0.05) is 5.02 Å². The minimum atomic E-state index is -4.24. The van der Waals surface area contributed by atoms with E-state index in [9.17, 15) is 27.9 Å². The number of phenolic OH excluding ortho intramolecular Hbond substituents is 1. The van der Waals surface area contributed by atoms with E-state index in [-0.39, 0.29) is 40.0 Å². The number of urea groups is 1. The molecule has 0 bridgehead atoms. The van der Waals surface area contributed by atoms with Crippen molar-refractivity contribution in [1.29, 1.82) is 0 Å². The number of benzene rings is 3. The van der Waals surface area contributed by atoms with E-state index in [4.69, 9.17) is 20.5 Å². The summed E-state index contributed by atoms with van der Waals surface area (Å²) in [6.07, 6.45) is 1.25. The molecule has 1 fully saturated rings. The van der Waals surface area contributed by atoms with Gasteiger partial charge in [0.25, 0.3) is 11.8 Å². The Morgan fingerprint density at radius 2 is 1.71 bits per heavy atom. The lowest BCUT2D eigenvalue weighted by atomic mass is 10.1. The van der Waals surface area contributed by atoms with Crippen LogP contribution in [-0.2, 0) is 19.7 Å². The second kappa shape index (κ2) is 11.0. The molecule has 10 nitrogen and oxygen atoms in total. The van der Waals surface area contributed by atoms with E-state index in [1.807, 2.05) is 22.6 Å². The van der Waals surface area contributed by atoms with Gasteiger partial charge in [-0.1, -0.05) is 11.6 Å². The van der Waals surface area contributed by atoms with Crippen LogP contribution >= 0.6 is 34.2 Å². The van der Waals surface area contributed by atoms with Crippen LogP contribution in [0.4, 0.5) is 10.5 Å². The summed E-state index contributed by atoms with van der Waals surface area (Å²) in [5.41, 5.74) is 0.107. The van der Waals surface area contributed by atoms with Crippen LogP contribution in [0, 0.1) is 3.57 Å². The third kappa shape index (κ3) is 5.76. The van der Waals surface area contributed by atoms with Crippen molar-refractivity contribution in [1.82, 2.24) is 5.32 Å². The molecule has 1 aliphatic rings. The van der Waals surface area contributed by atoms with E-state index in [0.29, 0.717) is 14.2 Å². The van der Waals surface area contributed by atoms with Gasteiger partial charge in [0.1, 0.15) is 16.2 Å². The van der Waals surface area contributed by atoms with E-state index in [2.05, 4.69) is 5.32 Å². The third-order valence-electron chi connectivity index (χ3n) is 5.15. The maximum absolute atomic E-state index is 13.1. The highest BCUT2D eigenvalue weighted by Gasteiger charge is 2.37. The fraction of sp³-hybridized carbons (Fsp3) is 0.0800. The predicted molar refractivity (Wildman–Crippen MR) is 147 cm³/mol. The number of ether oxygens (including phenoxy) is 1. The van der Waals surface area contributed by atoms with Gasteiger partial charge >= 0.3 is 16.1 Å². The Morgan fingerprint density at radius 1 is 1.05 bits per heavy atom. The van der Waals surface area contributed by atoms with Crippen molar-refractivity contribution in [3.8, 4) is 17.2 Å². The number of rotatable bonds is 7. The molecule has 0 saturated carbocycles. The topological polar surface area (TPSA) is 139 Å². The number of hydrogen-bond acceptors (Lipinski definition) is 8. The smallest absolute Gasteiger partial charge is 0.339 e. The molecule has 0 atom stereocenters. The number of nitrogens with one attached hydrogen (secondary N) is 1. The predicted octanol–water partition coefficient (Wildman–Crippen LogP) is 4.48. The Balaban J connectivity index is 1.72. The van der Waals surface area contributed by atoms with Crippen molar-refractivity contribution < 1.29 is 36.8 Å². The molecule has 0 radical (unpaired) electrons. The summed E-state index contributed by atoms with van der Waals surface area (Å²) in [5.74, 6) is -1.88. The Morgan fingerprint density at radius 3 is 2.34 bits per heavy atom. The number of barbiturate groups is 1. The Bertz CT molecular complexity index is 1570. The second-order valence-corrected chi connectivity index (χ2v) is 10.9. The van der Waals surface area contributed by atoms with Crippen LogP contribution in [0.3, 0.4) is 0 Å². The number of imide groups is 2. The van der Waals surface area contributed by atoms with Gasteiger partial charge in [0.15, 0.2) is 11.5 Å². The fourth-order valence-corrected chi connectivity index (χ4v) is 5.40. The van der Waals surface area contributed by atoms with Gasteiger partial charge < -0.3 is 14.0 Å². The lowest BCUT2D eigenvalue weighted by Crippen LogP contribution is -2.54. The van der Waals surface area contributed by atoms with Crippen LogP contribution in [0.15, 0.2) is 71.1 Å². The van der Waals surface area contributed by atoms with Crippen LogP contribution in [0.1, 0.15) is 12.5 Å². The summed E-state index contributed by atoms with van der Waals surface area (Å²) in [5, 5.41) is 12.0. The number of carbonyl (C=O) groups is 3. The summed E-state index contributed by atoms with van der Waals surface area (Å²) in [6.45, 7) is 1.85. The molecule has 3 aromatic carbocycles. The third-order valence-corrected chi connectivity index (χ3v) is 7.44. The summed E-state index contributed by atoms with van der Waals surface area (Å²) >= 11 is 7.69. The first-order valence-electron chi connectivity index (χ1n) is 10.9. The quantitative estimate of drug-likeness (QED) is 0.163. The molecule has 1 heterocycles. The van der Waals surface area contributed by atoms with Crippen LogP contribution in [0.25, 0.3) is 6.08 Å². The summed E-state index contributed by atoms with van der Waals surface area (Å²) in [4.78, 5) is 38.7. The molecule has 0 unspecified atom stereocenters. The number of amides is 4. The van der Waals surface area contributed by atoms with Crippen molar-refractivity contribution in [2.75, 3.05) is 11.5 Å². The molecule has 196 valence electrons. The monoisotopic (exact) mass is 668 g/mol. The van der Waals surface area contributed by atoms with Crippen molar-refractivity contribution in [3.63, 3.8) is 0 Å². The number of carbonyl (C=O) groups excluding carboxylic acids is 3. The van der Waals surface area contributed by atoms with Crippen LogP contribution in [0.5, 0.6) is 17.2 Å². The van der Waals surface area contributed by atoms with Gasteiger partial charge in [-0.3, -0.25) is 14.9 Å². The highest BCUT2D eigenvalue weighted by atomic mass is 127. The minimum Gasteiger partial charge on any atom is -0.508 e. The largest absolute Gasteiger partial charge is 0.508 e. The molecular formula is C25H18ClIN2O8S. The molecule has 3 aromatic rings. The summed E-state index contributed by atoms with van der Waals surface area (Å²) in [6, 6.07) is 12.7. The number of aromatic hydroxyl groups is 1. The molecule has 13 heteroatoms. The number of phenols is 1. The Hall–Kier alpha value is -3.62. The first-order valence-corrected chi connectivity index (χ1v) is 13.7. The zero-order valence-corrected chi connectivity index (χ0v) is 23.2. The molecule has 38 heavy (non-hydrogen) atoms. The summed E-state index contributed by atoms with van der Waals surface area (Å²) in [7, 11) is -4.24. The first-order chi connectivity index (χ1) is 18.0. The van der Waals surface area contributed by atoms with E-state index in [0.717, 1.165) is 4.90 Å². The van der Waals surface area contributed by atoms with Gasteiger partial charge in [-0.05, 0) is 102 Å².